The fourth-order valence-electron chi connectivity index (χ4n) is 2.61. The summed E-state index contributed by atoms with van der Waals surface area (Å²) in [4.78, 5) is 19.5. The summed E-state index contributed by atoms with van der Waals surface area (Å²) in [6, 6.07) is 6.31. The standard InChI is InChI=1S/C17H13BrF3N3O/c1-8(10-3-2-4-11(14(10)19)16(20)21)24-17(25)12-5-9(18)6-13-15(12)23-7-22-13/h2-8,16H,1H3,(H,22,23)(H,24,25)/t8-/m1/s1. The summed E-state index contributed by atoms with van der Waals surface area (Å²) >= 11 is 3.31. The Morgan fingerprint density at radius 3 is 2.72 bits per heavy atom. The first-order valence-electron chi connectivity index (χ1n) is 7.38. The van der Waals surface area contributed by atoms with Crippen molar-refractivity contribution in [2.45, 2.75) is 19.4 Å². The van der Waals surface area contributed by atoms with Crippen molar-refractivity contribution in [2.24, 2.45) is 0 Å². The number of halogens is 4. The number of alkyl halides is 2. The van der Waals surface area contributed by atoms with Crippen LogP contribution in [0.4, 0.5) is 13.2 Å². The minimum absolute atomic E-state index is 0.00185. The molecule has 130 valence electrons. The number of aromatic nitrogens is 2. The minimum atomic E-state index is -2.92. The summed E-state index contributed by atoms with van der Waals surface area (Å²) in [5.41, 5.74) is 0.769. The number of amides is 1. The maximum atomic E-state index is 14.2. The third-order valence-electron chi connectivity index (χ3n) is 3.85. The predicted octanol–water partition coefficient (Wildman–Crippen LogP) is 4.89. The first-order chi connectivity index (χ1) is 11.9. The third-order valence-corrected chi connectivity index (χ3v) is 4.30. The number of imidazole rings is 1. The number of rotatable bonds is 4. The highest BCUT2D eigenvalue weighted by Gasteiger charge is 2.22. The van der Waals surface area contributed by atoms with Gasteiger partial charge in [-0.15, -0.1) is 0 Å². The Morgan fingerprint density at radius 2 is 2.00 bits per heavy atom. The van der Waals surface area contributed by atoms with E-state index in [1.54, 1.807) is 12.1 Å². The van der Waals surface area contributed by atoms with E-state index in [0.717, 1.165) is 6.07 Å². The van der Waals surface area contributed by atoms with E-state index in [1.807, 2.05) is 0 Å². The summed E-state index contributed by atoms with van der Waals surface area (Å²) in [6.07, 6.45) is -1.46. The van der Waals surface area contributed by atoms with E-state index in [-0.39, 0.29) is 5.56 Å². The smallest absolute Gasteiger partial charge is 0.266 e. The molecule has 3 rings (SSSR count). The number of nitrogens with one attached hydrogen (secondary N) is 2. The van der Waals surface area contributed by atoms with Crippen LogP contribution in [-0.2, 0) is 0 Å². The Hall–Kier alpha value is -2.35. The van der Waals surface area contributed by atoms with Crippen molar-refractivity contribution in [3.8, 4) is 0 Å². The van der Waals surface area contributed by atoms with Crippen LogP contribution in [0, 0.1) is 5.82 Å². The molecule has 0 unspecified atom stereocenters. The largest absolute Gasteiger partial charge is 0.345 e. The monoisotopic (exact) mass is 411 g/mol. The number of carbonyl (C=O) groups is 1. The fourth-order valence-corrected chi connectivity index (χ4v) is 3.06. The van der Waals surface area contributed by atoms with Gasteiger partial charge < -0.3 is 10.3 Å². The summed E-state index contributed by atoms with van der Waals surface area (Å²) in [5, 5.41) is 2.64. The van der Waals surface area contributed by atoms with Gasteiger partial charge in [0.2, 0.25) is 0 Å². The molecule has 0 saturated carbocycles. The van der Waals surface area contributed by atoms with Gasteiger partial charge in [-0.1, -0.05) is 34.1 Å². The normalized spacial score (nSPS) is 12.6. The minimum Gasteiger partial charge on any atom is -0.345 e. The molecule has 2 N–H and O–H groups in total. The van der Waals surface area contributed by atoms with Gasteiger partial charge in [0.1, 0.15) is 5.82 Å². The maximum Gasteiger partial charge on any atom is 0.266 e. The van der Waals surface area contributed by atoms with Gasteiger partial charge in [0.25, 0.3) is 12.3 Å². The molecule has 0 aliphatic rings. The first-order valence-corrected chi connectivity index (χ1v) is 8.17. The van der Waals surface area contributed by atoms with Crippen LogP contribution >= 0.6 is 15.9 Å². The molecule has 0 aliphatic heterocycles. The molecule has 0 aliphatic carbocycles. The van der Waals surface area contributed by atoms with Crippen molar-refractivity contribution >= 4 is 32.9 Å². The van der Waals surface area contributed by atoms with Crippen LogP contribution < -0.4 is 5.32 Å². The van der Waals surface area contributed by atoms with Crippen molar-refractivity contribution in [1.82, 2.24) is 15.3 Å². The van der Waals surface area contributed by atoms with Gasteiger partial charge >= 0.3 is 0 Å². The van der Waals surface area contributed by atoms with Crippen LogP contribution in [0.5, 0.6) is 0 Å². The average Bonchev–Trinajstić information content (AvgIpc) is 3.01. The van der Waals surface area contributed by atoms with E-state index < -0.39 is 29.8 Å². The molecule has 3 aromatic rings. The maximum absolute atomic E-state index is 14.2. The highest BCUT2D eigenvalue weighted by Crippen LogP contribution is 2.28. The predicted molar refractivity (Wildman–Crippen MR) is 91.0 cm³/mol. The lowest BCUT2D eigenvalue weighted by Crippen LogP contribution is -2.27. The second-order valence-electron chi connectivity index (χ2n) is 5.50. The Bertz CT molecular complexity index is 942. The van der Waals surface area contributed by atoms with E-state index in [4.69, 9.17) is 0 Å². The molecule has 1 atom stereocenters. The second-order valence-corrected chi connectivity index (χ2v) is 6.41. The second kappa shape index (κ2) is 6.87. The molecule has 8 heteroatoms. The van der Waals surface area contributed by atoms with E-state index >= 15 is 0 Å². The zero-order valence-electron chi connectivity index (χ0n) is 13.0. The van der Waals surface area contributed by atoms with Crippen LogP contribution in [0.1, 0.15) is 40.9 Å². The number of benzene rings is 2. The van der Waals surface area contributed by atoms with Gasteiger partial charge in [-0.05, 0) is 19.1 Å². The third kappa shape index (κ3) is 3.39. The molecule has 0 radical (unpaired) electrons. The number of hydrogen-bond donors (Lipinski definition) is 2. The molecular formula is C17H13BrF3N3O. The number of fused-ring (bicyclic) bond motifs is 1. The molecule has 0 saturated heterocycles. The number of H-pyrrole nitrogens is 1. The van der Waals surface area contributed by atoms with Gasteiger partial charge in [0, 0.05) is 10.0 Å². The topological polar surface area (TPSA) is 57.8 Å². The number of aromatic amines is 1. The van der Waals surface area contributed by atoms with E-state index in [0.29, 0.717) is 21.1 Å². The SMILES string of the molecule is C[C@@H](NC(=O)c1cc(Br)cc2nc[nH]c12)c1cccc(C(F)F)c1F. The zero-order valence-corrected chi connectivity index (χ0v) is 14.6. The average molecular weight is 412 g/mol. The molecule has 0 spiro atoms. The summed E-state index contributed by atoms with van der Waals surface area (Å²) in [5.74, 6) is -1.48. The van der Waals surface area contributed by atoms with Crippen molar-refractivity contribution in [3.63, 3.8) is 0 Å². The quantitative estimate of drug-likeness (QED) is 0.641. The highest BCUT2D eigenvalue weighted by molar-refractivity contribution is 9.10. The summed E-state index contributed by atoms with van der Waals surface area (Å²) in [6.45, 7) is 1.54. The van der Waals surface area contributed by atoms with Crippen LogP contribution in [-0.4, -0.2) is 15.9 Å². The highest BCUT2D eigenvalue weighted by atomic mass is 79.9. The van der Waals surface area contributed by atoms with Gasteiger partial charge in [-0.3, -0.25) is 4.79 Å². The Morgan fingerprint density at radius 1 is 1.28 bits per heavy atom. The Balaban J connectivity index is 1.90. The van der Waals surface area contributed by atoms with E-state index in [9.17, 15) is 18.0 Å². The van der Waals surface area contributed by atoms with Gasteiger partial charge in [0.05, 0.1) is 34.5 Å². The van der Waals surface area contributed by atoms with Gasteiger partial charge in [0.15, 0.2) is 0 Å². The Kier molecular flexibility index (Phi) is 4.80. The molecule has 2 aromatic carbocycles. The van der Waals surface area contributed by atoms with Crippen molar-refractivity contribution in [3.05, 3.63) is 63.6 Å². The zero-order chi connectivity index (χ0) is 18.1. The van der Waals surface area contributed by atoms with E-state index in [2.05, 4.69) is 31.2 Å². The van der Waals surface area contributed by atoms with Crippen molar-refractivity contribution in [2.75, 3.05) is 0 Å². The summed E-state index contributed by atoms with van der Waals surface area (Å²) in [7, 11) is 0. The number of carbonyl (C=O) groups excluding carboxylic acids is 1. The molecular weight excluding hydrogens is 399 g/mol. The number of nitrogens with zero attached hydrogens (tertiary/aromatic N) is 1. The van der Waals surface area contributed by atoms with Gasteiger partial charge in [-0.25, -0.2) is 18.2 Å². The van der Waals surface area contributed by atoms with Crippen LogP contribution in [0.25, 0.3) is 11.0 Å². The lowest BCUT2D eigenvalue weighted by atomic mass is 10.0. The van der Waals surface area contributed by atoms with Crippen molar-refractivity contribution in [1.29, 1.82) is 0 Å². The fraction of sp³-hybridized carbons (Fsp3) is 0.176. The lowest BCUT2D eigenvalue weighted by molar-refractivity contribution is 0.0940. The molecule has 4 nitrogen and oxygen atoms in total. The van der Waals surface area contributed by atoms with E-state index in [1.165, 1.54) is 25.4 Å². The molecule has 1 amide bonds. The molecule has 1 aromatic heterocycles. The molecule has 1 heterocycles. The lowest BCUT2D eigenvalue weighted by Gasteiger charge is -2.17. The molecule has 25 heavy (non-hydrogen) atoms. The van der Waals surface area contributed by atoms with Crippen molar-refractivity contribution < 1.29 is 18.0 Å². The van der Waals surface area contributed by atoms with Crippen LogP contribution in [0.3, 0.4) is 0 Å². The Labute approximate surface area is 149 Å². The number of hydrogen-bond acceptors (Lipinski definition) is 2. The van der Waals surface area contributed by atoms with Crippen LogP contribution in [0.2, 0.25) is 0 Å². The first kappa shape index (κ1) is 17.5. The summed E-state index contributed by atoms with van der Waals surface area (Å²) < 4.78 is 40.6. The molecule has 0 bridgehead atoms. The van der Waals surface area contributed by atoms with Gasteiger partial charge in [-0.2, -0.15) is 0 Å². The molecule has 0 fully saturated rings. The van der Waals surface area contributed by atoms with Crippen LogP contribution in [0.15, 0.2) is 41.1 Å².